The Bertz CT molecular complexity index is 584. The molecule has 19 heavy (non-hydrogen) atoms. The summed E-state index contributed by atoms with van der Waals surface area (Å²) in [5, 5.41) is 2.81. The van der Waals surface area contributed by atoms with E-state index in [1.807, 2.05) is 48.5 Å². The van der Waals surface area contributed by atoms with Gasteiger partial charge in [0.05, 0.1) is 12.9 Å². The predicted molar refractivity (Wildman–Crippen MR) is 79.5 cm³/mol. The molecule has 1 radical (unpaired) electrons. The van der Waals surface area contributed by atoms with Crippen LogP contribution >= 0.6 is 12.6 Å². The van der Waals surface area contributed by atoms with Gasteiger partial charge in [-0.25, -0.2) is 0 Å². The Morgan fingerprint density at radius 2 is 1.74 bits per heavy atom. The number of methoxy groups -OCH3 is 1. The Balaban J connectivity index is 2.47. The second-order valence-corrected chi connectivity index (χ2v) is 4.23. The molecule has 0 aromatic heterocycles. The molecule has 0 fully saturated rings. The molecule has 0 bridgehead atoms. The molecule has 0 saturated heterocycles. The van der Waals surface area contributed by atoms with Gasteiger partial charge in [-0.15, -0.1) is 0 Å². The predicted octanol–water partition coefficient (Wildman–Crippen LogP) is 3.50. The van der Waals surface area contributed by atoms with Crippen LogP contribution in [0.3, 0.4) is 0 Å². The fourth-order valence-electron chi connectivity index (χ4n) is 1.88. The number of hydrogen-bond donors (Lipinski definition) is 1. The third kappa shape index (κ3) is 3.09. The Morgan fingerprint density at radius 3 is 2.42 bits per heavy atom. The van der Waals surface area contributed by atoms with Gasteiger partial charge in [-0.3, -0.25) is 4.79 Å². The molecule has 3 nitrogen and oxygen atoms in total. The molecule has 97 valence electrons. The Kier molecular flexibility index (Phi) is 4.47. The lowest BCUT2D eigenvalue weighted by molar-refractivity contribution is -0.113. The molecule has 1 N–H and O–H groups in total. The summed E-state index contributed by atoms with van der Waals surface area (Å²) in [7, 11) is 1.63. The summed E-state index contributed by atoms with van der Waals surface area (Å²) in [6.07, 6.45) is 0. The highest BCUT2D eigenvalue weighted by Crippen LogP contribution is 2.34. The minimum absolute atomic E-state index is 0.0419. The molecule has 0 aliphatic carbocycles. The first-order valence-corrected chi connectivity index (χ1v) is 6.44. The number of nitrogens with one attached hydrogen (secondary N) is 1. The van der Waals surface area contributed by atoms with Crippen LogP contribution in [0.25, 0.3) is 11.1 Å². The molecule has 1 amide bonds. The maximum Gasteiger partial charge on any atom is 0.235 e. The summed E-state index contributed by atoms with van der Waals surface area (Å²) in [5.74, 6) is 0.625. The summed E-state index contributed by atoms with van der Waals surface area (Å²) in [4.78, 5) is 11.5. The molecule has 2 aromatic carbocycles. The van der Waals surface area contributed by atoms with E-state index < -0.39 is 0 Å². The first-order valence-electron chi connectivity index (χ1n) is 5.86. The van der Waals surface area contributed by atoms with Crippen LogP contribution in [0, 0.1) is 0 Å². The molecule has 4 heteroatoms. The smallest absolute Gasteiger partial charge is 0.235 e. The van der Waals surface area contributed by atoms with Gasteiger partial charge in [-0.05, 0) is 12.1 Å². The molecular formula is C15H14NO2S. The molecule has 0 saturated carbocycles. The van der Waals surface area contributed by atoms with Crippen molar-refractivity contribution < 1.29 is 9.53 Å². The highest BCUT2D eigenvalue weighted by Gasteiger charge is 2.10. The molecule has 0 spiro atoms. The Hall–Kier alpha value is -1.94. The van der Waals surface area contributed by atoms with Gasteiger partial charge < -0.3 is 10.1 Å². The number of carbonyl (C=O) groups is 1. The van der Waals surface area contributed by atoms with E-state index in [1.165, 1.54) is 0 Å². The van der Waals surface area contributed by atoms with Crippen molar-refractivity contribution in [2.24, 2.45) is 0 Å². The highest BCUT2D eigenvalue weighted by atomic mass is 32.1. The van der Waals surface area contributed by atoms with E-state index in [9.17, 15) is 4.79 Å². The van der Waals surface area contributed by atoms with Crippen LogP contribution in [0.5, 0.6) is 5.75 Å². The van der Waals surface area contributed by atoms with E-state index >= 15 is 0 Å². The van der Waals surface area contributed by atoms with Gasteiger partial charge >= 0.3 is 0 Å². The second kappa shape index (κ2) is 6.29. The van der Waals surface area contributed by atoms with Crippen LogP contribution in [0.15, 0.2) is 48.5 Å². The molecule has 0 atom stereocenters. The summed E-state index contributed by atoms with van der Waals surface area (Å²) in [6.45, 7) is 0. The van der Waals surface area contributed by atoms with Gasteiger partial charge in [0.1, 0.15) is 5.75 Å². The SMILES string of the molecule is COc1ccccc1-c1ccccc1NC(=O)C[S]. The molecule has 0 unspecified atom stereocenters. The fraction of sp³-hybridized carbons (Fsp3) is 0.133. The number of carbonyl (C=O) groups excluding carboxylic acids is 1. The summed E-state index contributed by atoms with van der Waals surface area (Å²) >= 11 is 4.75. The number of rotatable bonds is 4. The topological polar surface area (TPSA) is 38.3 Å². The zero-order valence-electron chi connectivity index (χ0n) is 10.6. The molecule has 2 aromatic rings. The van der Waals surface area contributed by atoms with Crippen molar-refractivity contribution in [3.8, 4) is 16.9 Å². The van der Waals surface area contributed by atoms with Crippen LogP contribution in [-0.4, -0.2) is 18.8 Å². The summed E-state index contributed by atoms with van der Waals surface area (Å²) in [6, 6.07) is 15.3. The van der Waals surface area contributed by atoms with E-state index in [0.29, 0.717) is 0 Å². The quantitative estimate of drug-likeness (QED) is 0.925. The van der Waals surface area contributed by atoms with Gasteiger partial charge in [0.2, 0.25) is 5.91 Å². The average Bonchev–Trinajstić information content (AvgIpc) is 2.47. The Morgan fingerprint density at radius 1 is 1.11 bits per heavy atom. The number of amides is 1. The van der Waals surface area contributed by atoms with Gasteiger partial charge in [-0.2, -0.15) is 0 Å². The van der Waals surface area contributed by atoms with Crippen LogP contribution in [0.4, 0.5) is 5.69 Å². The van der Waals surface area contributed by atoms with Crippen molar-refractivity contribution in [3.63, 3.8) is 0 Å². The van der Waals surface area contributed by atoms with Crippen LogP contribution < -0.4 is 10.1 Å². The van der Waals surface area contributed by atoms with E-state index in [2.05, 4.69) is 5.32 Å². The van der Waals surface area contributed by atoms with Crippen molar-refractivity contribution in [1.29, 1.82) is 0 Å². The van der Waals surface area contributed by atoms with Crippen LogP contribution in [0.2, 0.25) is 0 Å². The first-order chi connectivity index (χ1) is 9.26. The van der Waals surface area contributed by atoms with E-state index in [-0.39, 0.29) is 11.7 Å². The third-order valence-electron chi connectivity index (χ3n) is 2.73. The first kappa shape index (κ1) is 13.5. The maximum absolute atomic E-state index is 11.5. The summed E-state index contributed by atoms with van der Waals surface area (Å²) in [5.41, 5.74) is 2.59. The number of ether oxygens (including phenoxy) is 1. The third-order valence-corrected chi connectivity index (χ3v) is 2.99. The van der Waals surface area contributed by atoms with Gasteiger partial charge in [-0.1, -0.05) is 49.0 Å². The second-order valence-electron chi connectivity index (χ2n) is 3.94. The minimum atomic E-state index is -0.183. The largest absolute Gasteiger partial charge is 0.496 e. The lowest BCUT2D eigenvalue weighted by Crippen LogP contribution is -2.13. The van der Waals surface area contributed by atoms with Gasteiger partial charge in [0, 0.05) is 16.8 Å². The van der Waals surface area contributed by atoms with Gasteiger partial charge in [0.25, 0.3) is 0 Å². The zero-order valence-corrected chi connectivity index (χ0v) is 11.4. The Labute approximate surface area is 118 Å². The molecule has 0 heterocycles. The standard InChI is InChI=1S/C15H14NO2S/c1-18-14-9-5-3-7-12(14)11-6-2-4-8-13(11)16-15(17)10-19/h2-9H,10H2,1H3,(H,16,17). The van der Waals surface area contributed by atoms with Crippen molar-refractivity contribution in [1.82, 2.24) is 0 Å². The molecule has 0 aliphatic heterocycles. The lowest BCUT2D eigenvalue weighted by Gasteiger charge is -2.13. The highest BCUT2D eigenvalue weighted by molar-refractivity contribution is 7.81. The van der Waals surface area contributed by atoms with Crippen LogP contribution in [0.1, 0.15) is 0 Å². The van der Waals surface area contributed by atoms with Crippen LogP contribution in [-0.2, 0) is 4.79 Å². The number of hydrogen-bond acceptors (Lipinski definition) is 2. The average molecular weight is 272 g/mol. The van der Waals surface area contributed by atoms with Gasteiger partial charge in [0.15, 0.2) is 0 Å². The normalized spacial score (nSPS) is 10.0. The monoisotopic (exact) mass is 272 g/mol. The molecule has 2 rings (SSSR count). The van der Waals surface area contributed by atoms with Crippen molar-refractivity contribution in [2.45, 2.75) is 0 Å². The maximum atomic E-state index is 11.5. The lowest BCUT2D eigenvalue weighted by atomic mass is 10.0. The van der Waals surface area contributed by atoms with E-state index in [0.717, 1.165) is 22.6 Å². The minimum Gasteiger partial charge on any atom is -0.496 e. The number of benzene rings is 2. The summed E-state index contributed by atoms with van der Waals surface area (Å²) < 4.78 is 5.35. The number of para-hydroxylation sites is 2. The number of anilines is 1. The van der Waals surface area contributed by atoms with Crippen molar-refractivity contribution in [2.75, 3.05) is 18.2 Å². The van der Waals surface area contributed by atoms with E-state index in [1.54, 1.807) is 7.11 Å². The van der Waals surface area contributed by atoms with E-state index in [4.69, 9.17) is 17.4 Å². The fourth-order valence-corrected chi connectivity index (χ4v) is 1.95. The zero-order chi connectivity index (χ0) is 13.7. The van der Waals surface area contributed by atoms with Crippen molar-refractivity contribution in [3.05, 3.63) is 48.5 Å². The van der Waals surface area contributed by atoms with Crippen molar-refractivity contribution >= 4 is 24.2 Å². The molecular weight excluding hydrogens is 258 g/mol. The molecule has 0 aliphatic rings.